The molecule has 0 aromatic heterocycles. The van der Waals surface area contributed by atoms with Gasteiger partial charge in [-0.3, -0.25) is 9.59 Å². The van der Waals surface area contributed by atoms with Crippen LogP contribution in [-0.2, 0) is 16.0 Å². The van der Waals surface area contributed by atoms with Gasteiger partial charge in [0.2, 0.25) is 11.8 Å². The molecule has 1 aliphatic heterocycles. The fraction of sp³-hybridized carbons (Fsp3) is 0.579. The zero-order valence-corrected chi connectivity index (χ0v) is 15.9. The maximum Gasteiger partial charge on any atom is 0.237 e. The van der Waals surface area contributed by atoms with Gasteiger partial charge in [0.25, 0.3) is 0 Å². The lowest BCUT2D eigenvalue weighted by molar-refractivity contribution is -0.130. The first kappa shape index (κ1) is 21.5. The van der Waals surface area contributed by atoms with Crippen molar-refractivity contribution < 1.29 is 9.59 Å². The first-order valence-electron chi connectivity index (χ1n) is 8.89. The van der Waals surface area contributed by atoms with Gasteiger partial charge in [0, 0.05) is 25.6 Å². The largest absolute Gasteiger partial charge is 0.350 e. The Kier molecular flexibility index (Phi) is 8.93. The van der Waals surface area contributed by atoms with Gasteiger partial charge in [-0.1, -0.05) is 50.6 Å². The number of hydrogen-bond acceptors (Lipinski definition) is 3. The van der Waals surface area contributed by atoms with Gasteiger partial charge < -0.3 is 16.0 Å². The molecule has 0 saturated carbocycles. The van der Waals surface area contributed by atoms with E-state index in [0.29, 0.717) is 19.5 Å². The minimum Gasteiger partial charge on any atom is -0.350 e. The van der Waals surface area contributed by atoms with Gasteiger partial charge in [-0.2, -0.15) is 0 Å². The molecular formula is C19H30ClN3O2. The second kappa shape index (κ2) is 10.4. The summed E-state index contributed by atoms with van der Waals surface area (Å²) in [5, 5.41) is 2.99. The zero-order valence-electron chi connectivity index (χ0n) is 15.1. The topological polar surface area (TPSA) is 75.4 Å². The lowest BCUT2D eigenvalue weighted by Crippen LogP contribution is -2.49. The predicted octanol–water partition coefficient (Wildman–Crippen LogP) is 2.13. The highest BCUT2D eigenvalue weighted by Gasteiger charge is 2.29. The third-order valence-corrected chi connectivity index (χ3v) is 4.92. The molecule has 1 aromatic carbocycles. The molecule has 25 heavy (non-hydrogen) atoms. The van der Waals surface area contributed by atoms with Crippen molar-refractivity contribution in [1.29, 1.82) is 0 Å². The van der Waals surface area contributed by atoms with Gasteiger partial charge >= 0.3 is 0 Å². The SMILES string of the molecule is CCC(C)C(N)C(=O)NC1CCN(C(=O)CCc2ccccc2)C1.Cl. The van der Waals surface area contributed by atoms with E-state index in [1.165, 1.54) is 5.56 Å². The molecule has 3 unspecified atom stereocenters. The number of nitrogens with zero attached hydrogens (tertiary/aromatic N) is 1. The third-order valence-electron chi connectivity index (χ3n) is 4.92. The van der Waals surface area contributed by atoms with Gasteiger partial charge in [0.05, 0.1) is 6.04 Å². The number of carbonyl (C=O) groups is 2. The molecule has 0 aliphatic carbocycles. The van der Waals surface area contributed by atoms with Crippen molar-refractivity contribution in [2.75, 3.05) is 13.1 Å². The molecule has 5 nitrogen and oxygen atoms in total. The van der Waals surface area contributed by atoms with Gasteiger partial charge in [-0.25, -0.2) is 0 Å². The molecule has 0 radical (unpaired) electrons. The summed E-state index contributed by atoms with van der Waals surface area (Å²) in [4.78, 5) is 26.3. The lowest BCUT2D eigenvalue weighted by atomic mass is 9.99. The van der Waals surface area contributed by atoms with Crippen molar-refractivity contribution in [2.24, 2.45) is 11.7 Å². The number of aryl methyl sites for hydroxylation is 1. The molecule has 1 saturated heterocycles. The highest BCUT2D eigenvalue weighted by Crippen LogP contribution is 2.13. The highest BCUT2D eigenvalue weighted by atomic mass is 35.5. The Morgan fingerprint density at radius 2 is 2.00 bits per heavy atom. The van der Waals surface area contributed by atoms with Gasteiger partial charge in [0.1, 0.15) is 0 Å². The summed E-state index contributed by atoms with van der Waals surface area (Å²) in [6.07, 6.45) is 2.95. The summed E-state index contributed by atoms with van der Waals surface area (Å²) in [6.45, 7) is 5.31. The summed E-state index contributed by atoms with van der Waals surface area (Å²) in [7, 11) is 0. The maximum absolute atomic E-state index is 12.3. The van der Waals surface area contributed by atoms with Crippen LogP contribution in [0.15, 0.2) is 30.3 Å². The number of carbonyl (C=O) groups excluding carboxylic acids is 2. The van der Waals surface area contributed by atoms with E-state index in [4.69, 9.17) is 5.73 Å². The zero-order chi connectivity index (χ0) is 17.5. The molecule has 3 atom stereocenters. The van der Waals surface area contributed by atoms with Crippen LogP contribution in [0.1, 0.15) is 38.7 Å². The number of halogens is 1. The van der Waals surface area contributed by atoms with E-state index in [9.17, 15) is 9.59 Å². The fourth-order valence-electron chi connectivity index (χ4n) is 2.97. The first-order valence-corrected chi connectivity index (χ1v) is 8.89. The number of nitrogens with one attached hydrogen (secondary N) is 1. The molecule has 2 amide bonds. The van der Waals surface area contributed by atoms with Crippen LogP contribution in [0.3, 0.4) is 0 Å². The van der Waals surface area contributed by atoms with Crippen LogP contribution in [-0.4, -0.2) is 41.9 Å². The summed E-state index contributed by atoms with van der Waals surface area (Å²) in [6, 6.07) is 9.57. The standard InChI is InChI=1S/C19H29N3O2.ClH/c1-3-14(2)18(20)19(24)21-16-11-12-22(13-16)17(23)10-9-15-7-5-4-6-8-15;/h4-8,14,16,18H,3,9-13,20H2,1-2H3,(H,21,24);1H. The number of benzene rings is 1. The average Bonchev–Trinajstić information content (AvgIpc) is 3.07. The minimum atomic E-state index is -0.474. The quantitative estimate of drug-likeness (QED) is 0.775. The third kappa shape index (κ3) is 6.33. The van der Waals surface area contributed by atoms with Crippen LogP contribution in [0.2, 0.25) is 0 Å². The fourth-order valence-corrected chi connectivity index (χ4v) is 2.97. The highest BCUT2D eigenvalue weighted by molar-refractivity contribution is 5.85. The van der Waals surface area contributed by atoms with Crippen molar-refractivity contribution in [2.45, 2.75) is 51.6 Å². The summed E-state index contributed by atoms with van der Waals surface area (Å²) in [5.41, 5.74) is 7.14. The molecule has 2 rings (SSSR count). The van der Waals surface area contributed by atoms with Gasteiger partial charge in [-0.05, 0) is 24.3 Å². The Morgan fingerprint density at radius 1 is 1.32 bits per heavy atom. The van der Waals surface area contributed by atoms with Crippen LogP contribution in [0.4, 0.5) is 0 Å². The molecule has 1 aliphatic rings. The Bertz CT molecular complexity index is 553. The molecular weight excluding hydrogens is 338 g/mol. The van der Waals surface area contributed by atoms with Crippen LogP contribution in [0.5, 0.6) is 0 Å². The van der Waals surface area contributed by atoms with Crippen LogP contribution >= 0.6 is 12.4 Å². The van der Waals surface area contributed by atoms with Crippen LogP contribution in [0, 0.1) is 5.92 Å². The van der Waals surface area contributed by atoms with E-state index in [2.05, 4.69) is 5.32 Å². The molecule has 1 heterocycles. The monoisotopic (exact) mass is 367 g/mol. The second-order valence-corrected chi connectivity index (χ2v) is 6.73. The summed E-state index contributed by atoms with van der Waals surface area (Å²) in [5.74, 6) is 0.213. The van der Waals surface area contributed by atoms with E-state index in [1.807, 2.05) is 49.1 Å². The molecule has 1 aromatic rings. The second-order valence-electron chi connectivity index (χ2n) is 6.73. The predicted molar refractivity (Wildman–Crippen MR) is 103 cm³/mol. The number of rotatable bonds is 7. The Labute approximate surface area is 156 Å². The van der Waals surface area contributed by atoms with Gasteiger partial charge in [-0.15, -0.1) is 12.4 Å². The maximum atomic E-state index is 12.3. The van der Waals surface area contributed by atoms with Gasteiger partial charge in [0.15, 0.2) is 0 Å². The van der Waals surface area contributed by atoms with E-state index in [-0.39, 0.29) is 36.2 Å². The number of nitrogens with two attached hydrogens (primary N) is 1. The average molecular weight is 368 g/mol. The molecule has 0 bridgehead atoms. The molecule has 0 spiro atoms. The number of amides is 2. The van der Waals surface area contributed by atoms with E-state index >= 15 is 0 Å². The molecule has 3 N–H and O–H groups in total. The van der Waals surface area contributed by atoms with E-state index < -0.39 is 6.04 Å². The van der Waals surface area contributed by atoms with E-state index in [0.717, 1.165) is 19.3 Å². The lowest BCUT2D eigenvalue weighted by Gasteiger charge is -2.21. The Morgan fingerprint density at radius 3 is 2.64 bits per heavy atom. The van der Waals surface area contributed by atoms with Crippen molar-refractivity contribution in [3.63, 3.8) is 0 Å². The number of hydrogen-bond donors (Lipinski definition) is 2. The van der Waals surface area contributed by atoms with Crippen LogP contribution in [0.25, 0.3) is 0 Å². The number of likely N-dealkylation sites (tertiary alicyclic amines) is 1. The normalized spacial score (nSPS) is 19.0. The van der Waals surface area contributed by atoms with E-state index in [1.54, 1.807) is 0 Å². The van der Waals surface area contributed by atoms with Crippen molar-refractivity contribution in [3.8, 4) is 0 Å². The molecule has 140 valence electrons. The minimum absolute atomic E-state index is 0. The van der Waals surface area contributed by atoms with Crippen molar-refractivity contribution in [1.82, 2.24) is 10.2 Å². The first-order chi connectivity index (χ1) is 11.5. The van der Waals surface area contributed by atoms with Crippen LogP contribution < -0.4 is 11.1 Å². The molecule has 1 fully saturated rings. The summed E-state index contributed by atoms with van der Waals surface area (Å²) < 4.78 is 0. The van der Waals surface area contributed by atoms with Crippen molar-refractivity contribution >= 4 is 24.2 Å². The smallest absolute Gasteiger partial charge is 0.237 e. The summed E-state index contributed by atoms with van der Waals surface area (Å²) >= 11 is 0. The Hall–Kier alpha value is -1.59. The Balaban J connectivity index is 0.00000312. The van der Waals surface area contributed by atoms with Crippen molar-refractivity contribution in [3.05, 3.63) is 35.9 Å². The molecule has 6 heteroatoms.